The van der Waals surface area contributed by atoms with E-state index in [4.69, 9.17) is 9.47 Å². The third-order valence-electron chi connectivity index (χ3n) is 5.95. The smallest absolute Gasteiger partial charge is 0.266 e. The van der Waals surface area contributed by atoms with Crippen molar-refractivity contribution in [2.45, 2.75) is 25.5 Å². The predicted molar refractivity (Wildman–Crippen MR) is 112 cm³/mol. The van der Waals surface area contributed by atoms with E-state index in [0.29, 0.717) is 24.5 Å². The molecule has 156 valence electrons. The van der Waals surface area contributed by atoms with Gasteiger partial charge >= 0.3 is 0 Å². The number of ether oxygens (including phenoxy) is 2. The second-order valence-electron chi connectivity index (χ2n) is 7.99. The third kappa shape index (κ3) is 3.85. The maximum absolute atomic E-state index is 12.8. The largest absolute Gasteiger partial charge is 0.493 e. The molecule has 0 bridgehead atoms. The van der Waals surface area contributed by atoms with Gasteiger partial charge in [-0.2, -0.15) is 0 Å². The predicted octanol–water partition coefficient (Wildman–Crippen LogP) is 2.06. The highest BCUT2D eigenvalue weighted by atomic mass is 16.5. The lowest BCUT2D eigenvalue weighted by molar-refractivity contribution is -0.138. The molecule has 1 fully saturated rings. The van der Waals surface area contributed by atoms with Crippen LogP contribution in [0.5, 0.6) is 11.5 Å². The SMILES string of the molecule is O=C1Nc2ccccc2O[C@@H]1CC(=O)N1CCN(Cc2ccc3c(c2)CCO3)CC1. The van der Waals surface area contributed by atoms with Crippen LogP contribution in [0.15, 0.2) is 42.5 Å². The summed E-state index contributed by atoms with van der Waals surface area (Å²) in [6.45, 7) is 4.61. The van der Waals surface area contributed by atoms with E-state index < -0.39 is 6.10 Å². The van der Waals surface area contributed by atoms with Gasteiger partial charge in [-0.25, -0.2) is 0 Å². The molecule has 3 aliphatic rings. The van der Waals surface area contributed by atoms with Crippen molar-refractivity contribution in [3.63, 3.8) is 0 Å². The van der Waals surface area contributed by atoms with Crippen LogP contribution in [-0.2, 0) is 22.6 Å². The number of fused-ring (bicyclic) bond motifs is 2. The Kier molecular flexibility index (Phi) is 5.04. The lowest BCUT2D eigenvalue weighted by Gasteiger charge is -2.35. The third-order valence-corrected chi connectivity index (χ3v) is 5.95. The number of rotatable bonds is 4. The van der Waals surface area contributed by atoms with Gasteiger partial charge < -0.3 is 19.7 Å². The molecule has 0 aliphatic carbocycles. The molecule has 0 saturated carbocycles. The molecular weight excluding hydrogens is 382 g/mol. The fourth-order valence-corrected chi connectivity index (χ4v) is 4.27. The second kappa shape index (κ2) is 7.99. The van der Waals surface area contributed by atoms with Gasteiger partial charge in [0.1, 0.15) is 11.5 Å². The first-order valence-corrected chi connectivity index (χ1v) is 10.5. The van der Waals surface area contributed by atoms with Crippen molar-refractivity contribution in [2.75, 3.05) is 38.1 Å². The van der Waals surface area contributed by atoms with Crippen molar-refractivity contribution < 1.29 is 19.1 Å². The molecule has 30 heavy (non-hydrogen) atoms. The van der Waals surface area contributed by atoms with E-state index in [1.165, 1.54) is 11.1 Å². The number of benzene rings is 2. The average molecular weight is 407 g/mol. The molecule has 1 saturated heterocycles. The molecule has 5 rings (SSSR count). The second-order valence-corrected chi connectivity index (χ2v) is 7.99. The highest BCUT2D eigenvalue weighted by Crippen LogP contribution is 2.30. The van der Waals surface area contributed by atoms with Crippen molar-refractivity contribution in [3.8, 4) is 11.5 Å². The maximum atomic E-state index is 12.8. The number of amides is 2. The number of anilines is 1. The Hall–Kier alpha value is -3.06. The number of carbonyl (C=O) groups excluding carboxylic acids is 2. The van der Waals surface area contributed by atoms with Crippen LogP contribution < -0.4 is 14.8 Å². The Morgan fingerprint density at radius 2 is 1.90 bits per heavy atom. The Labute approximate surface area is 175 Å². The number of nitrogens with one attached hydrogen (secondary N) is 1. The normalized spacial score (nSPS) is 20.6. The fraction of sp³-hybridized carbons (Fsp3) is 0.391. The zero-order chi connectivity index (χ0) is 20.5. The highest BCUT2D eigenvalue weighted by molar-refractivity contribution is 5.99. The molecule has 7 heteroatoms. The lowest BCUT2D eigenvalue weighted by atomic mass is 10.1. The zero-order valence-corrected chi connectivity index (χ0v) is 16.8. The van der Waals surface area contributed by atoms with Gasteiger partial charge in [-0.3, -0.25) is 14.5 Å². The van der Waals surface area contributed by atoms with E-state index in [0.717, 1.165) is 38.4 Å². The number of para-hydroxylation sites is 2. The van der Waals surface area contributed by atoms with Gasteiger partial charge in [0.15, 0.2) is 6.10 Å². The molecule has 0 unspecified atom stereocenters. The maximum Gasteiger partial charge on any atom is 0.266 e. The first kappa shape index (κ1) is 18.9. The highest BCUT2D eigenvalue weighted by Gasteiger charge is 2.32. The van der Waals surface area contributed by atoms with Gasteiger partial charge in [0.25, 0.3) is 5.91 Å². The summed E-state index contributed by atoms with van der Waals surface area (Å²) < 4.78 is 11.3. The minimum absolute atomic E-state index is 0.0381. The fourth-order valence-electron chi connectivity index (χ4n) is 4.27. The molecule has 7 nitrogen and oxygen atoms in total. The molecule has 2 aromatic carbocycles. The molecule has 2 amide bonds. The van der Waals surface area contributed by atoms with Gasteiger partial charge in [0.2, 0.25) is 5.91 Å². The first-order chi connectivity index (χ1) is 14.7. The lowest BCUT2D eigenvalue weighted by Crippen LogP contribution is -2.50. The van der Waals surface area contributed by atoms with Crippen molar-refractivity contribution in [3.05, 3.63) is 53.6 Å². The van der Waals surface area contributed by atoms with Gasteiger partial charge in [-0.15, -0.1) is 0 Å². The molecule has 1 N–H and O–H groups in total. The number of piperazine rings is 1. The number of carbonyl (C=O) groups is 2. The van der Waals surface area contributed by atoms with Crippen molar-refractivity contribution >= 4 is 17.5 Å². The molecular formula is C23H25N3O4. The van der Waals surface area contributed by atoms with Crippen LogP contribution >= 0.6 is 0 Å². The van der Waals surface area contributed by atoms with E-state index in [9.17, 15) is 9.59 Å². The van der Waals surface area contributed by atoms with Gasteiger partial charge in [0, 0.05) is 39.1 Å². The molecule has 2 aromatic rings. The van der Waals surface area contributed by atoms with Crippen LogP contribution in [0.2, 0.25) is 0 Å². The van der Waals surface area contributed by atoms with Crippen LogP contribution in [0.3, 0.4) is 0 Å². The molecule has 0 aromatic heterocycles. The van der Waals surface area contributed by atoms with E-state index in [1.807, 2.05) is 17.0 Å². The van der Waals surface area contributed by atoms with Gasteiger partial charge in [-0.1, -0.05) is 24.3 Å². The number of hydrogen-bond donors (Lipinski definition) is 1. The monoisotopic (exact) mass is 407 g/mol. The minimum atomic E-state index is -0.779. The summed E-state index contributed by atoms with van der Waals surface area (Å²) in [5.41, 5.74) is 3.22. The summed E-state index contributed by atoms with van der Waals surface area (Å²) in [4.78, 5) is 29.2. The standard InChI is InChI=1S/C23H25N3O4/c27-22(14-21-23(28)24-18-3-1-2-4-20(18)30-21)26-10-8-25(9-11-26)15-16-5-6-19-17(13-16)7-12-29-19/h1-6,13,21H,7-12,14-15H2,(H,24,28)/t21-/m1/s1. The van der Waals surface area contributed by atoms with Gasteiger partial charge in [-0.05, 0) is 29.3 Å². The Morgan fingerprint density at radius 3 is 2.77 bits per heavy atom. The Morgan fingerprint density at radius 1 is 1.07 bits per heavy atom. The van der Waals surface area contributed by atoms with Crippen LogP contribution in [0, 0.1) is 0 Å². The summed E-state index contributed by atoms with van der Waals surface area (Å²) in [6, 6.07) is 13.7. The summed E-state index contributed by atoms with van der Waals surface area (Å²) in [7, 11) is 0. The van der Waals surface area contributed by atoms with E-state index >= 15 is 0 Å². The van der Waals surface area contributed by atoms with Crippen molar-refractivity contribution in [2.24, 2.45) is 0 Å². The minimum Gasteiger partial charge on any atom is -0.493 e. The van der Waals surface area contributed by atoms with Gasteiger partial charge in [0.05, 0.1) is 18.7 Å². The topological polar surface area (TPSA) is 71.1 Å². The molecule has 0 spiro atoms. The molecule has 0 radical (unpaired) electrons. The summed E-state index contributed by atoms with van der Waals surface area (Å²) >= 11 is 0. The quantitative estimate of drug-likeness (QED) is 0.840. The number of hydrogen-bond acceptors (Lipinski definition) is 5. The van der Waals surface area contributed by atoms with E-state index in [1.54, 1.807) is 12.1 Å². The molecule has 1 atom stereocenters. The molecule has 3 aliphatic heterocycles. The van der Waals surface area contributed by atoms with Crippen LogP contribution in [0.4, 0.5) is 5.69 Å². The van der Waals surface area contributed by atoms with Crippen molar-refractivity contribution in [1.82, 2.24) is 9.80 Å². The van der Waals surface area contributed by atoms with E-state index in [-0.39, 0.29) is 18.2 Å². The summed E-state index contributed by atoms with van der Waals surface area (Å²) in [6.07, 6.45) is 0.261. The van der Waals surface area contributed by atoms with Crippen molar-refractivity contribution in [1.29, 1.82) is 0 Å². The number of nitrogens with zero attached hydrogens (tertiary/aromatic N) is 2. The Bertz CT molecular complexity index is 969. The summed E-state index contributed by atoms with van der Waals surface area (Å²) in [5, 5.41) is 2.82. The van der Waals surface area contributed by atoms with Crippen LogP contribution in [-0.4, -0.2) is 60.5 Å². The van der Waals surface area contributed by atoms with E-state index in [2.05, 4.69) is 28.4 Å². The molecule has 3 heterocycles. The summed E-state index contributed by atoms with van der Waals surface area (Å²) in [5.74, 6) is 1.32. The average Bonchev–Trinajstić information content (AvgIpc) is 3.23. The van der Waals surface area contributed by atoms with Crippen LogP contribution in [0.25, 0.3) is 0 Å². The van der Waals surface area contributed by atoms with Crippen LogP contribution in [0.1, 0.15) is 17.5 Å². The first-order valence-electron chi connectivity index (χ1n) is 10.5. The zero-order valence-electron chi connectivity index (χ0n) is 16.8. The Balaban J connectivity index is 1.13.